The van der Waals surface area contributed by atoms with Crippen LogP contribution < -0.4 is 0 Å². The van der Waals surface area contributed by atoms with Gasteiger partial charge in [0.25, 0.3) is 0 Å². The van der Waals surface area contributed by atoms with Gasteiger partial charge in [-0.2, -0.15) is 0 Å². The van der Waals surface area contributed by atoms with Crippen molar-refractivity contribution in [2.75, 3.05) is 52.4 Å². The fourth-order valence-electron chi connectivity index (χ4n) is 18.5. The number of aromatic amines is 4. The van der Waals surface area contributed by atoms with Gasteiger partial charge in [0.05, 0.1) is 0 Å². The average Bonchev–Trinajstić information content (AvgIpc) is 1.70. The van der Waals surface area contributed by atoms with E-state index in [1.165, 1.54) is 88.1 Å². The number of likely N-dealkylation sites (tertiary alicyclic amines) is 4. The maximum Gasteiger partial charge on any atom is 0.134 e. The van der Waals surface area contributed by atoms with E-state index in [0.29, 0.717) is 71.0 Å². The summed E-state index contributed by atoms with van der Waals surface area (Å²) in [5.74, 6) is 4.21. The lowest BCUT2D eigenvalue weighted by molar-refractivity contribution is -0.124. The van der Waals surface area contributed by atoms with Gasteiger partial charge in [-0.1, -0.05) is 76.2 Å². The Morgan fingerprint density at radius 3 is 0.761 bits per heavy atom. The number of hydrogen-bond acceptors (Lipinski definition) is 8. The molecule has 8 aliphatic rings. The maximum absolute atomic E-state index is 12.0. The van der Waals surface area contributed by atoms with Crippen molar-refractivity contribution in [3.05, 3.63) is 142 Å². The van der Waals surface area contributed by atoms with Gasteiger partial charge in [-0.3, -0.25) is 38.8 Å². The summed E-state index contributed by atoms with van der Waals surface area (Å²) in [4.78, 5) is 72.1. The predicted molar refractivity (Wildman–Crippen MR) is 357 cm³/mol. The molecule has 0 unspecified atom stereocenters. The van der Waals surface area contributed by atoms with Gasteiger partial charge in [0.1, 0.15) is 23.1 Å². The number of nitrogens with zero attached hydrogens (tertiary/aromatic N) is 4. The molecule has 12 atom stereocenters. The Balaban J connectivity index is 0.000000108. The molecule has 4 fully saturated rings. The van der Waals surface area contributed by atoms with Gasteiger partial charge in [-0.05, 0) is 200 Å². The molecule has 88 heavy (non-hydrogen) atoms. The summed E-state index contributed by atoms with van der Waals surface area (Å²) < 4.78 is 0. The molecule has 4 aliphatic heterocycles. The van der Waals surface area contributed by atoms with Crippen molar-refractivity contribution >= 4 is 66.7 Å². The highest BCUT2D eigenvalue weighted by Crippen LogP contribution is 2.49. The number of fused-ring (bicyclic) bond motifs is 8. The monoisotopic (exact) mass is 1180 g/mol. The zero-order valence-corrected chi connectivity index (χ0v) is 53.7. The highest BCUT2D eigenvalue weighted by Gasteiger charge is 2.46. The van der Waals surface area contributed by atoms with Crippen molar-refractivity contribution in [2.24, 2.45) is 23.7 Å². The summed E-state index contributed by atoms with van der Waals surface area (Å²) >= 11 is 0. The summed E-state index contributed by atoms with van der Waals surface area (Å²) in [5, 5.41) is 5.68. The zero-order chi connectivity index (χ0) is 61.1. The number of nitrogens with one attached hydrogen (secondary N) is 4. The number of hydrogen-bond donors (Lipinski definition) is 4. The Labute approximate surface area is 521 Å². The van der Waals surface area contributed by atoms with E-state index < -0.39 is 0 Å². The standard InChI is InChI=1S/4C19H24N2O/c4*1-3-7-21-11-14(12(2)22)8-16-15-5-4-6-17-19(15)13(10-20-17)9-18(16)21/h4*4-6,10,14,16,18,20H,3,7-9,11H2,1-2H3/t4*14-,16-,18-/m1111/s1. The summed E-state index contributed by atoms with van der Waals surface area (Å²) in [6.45, 7) is 24.2. The molecule has 4 aromatic heterocycles. The molecule has 0 spiro atoms. The van der Waals surface area contributed by atoms with E-state index in [9.17, 15) is 19.2 Å². The van der Waals surface area contributed by atoms with Crippen LogP contribution in [-0.4, -0.2) is 139 Å². The number of rotatable bonds is 12. The quantitative estimate of drug-likeness (QED) is 0.0947. The van der Waals surface area contributed by atoms with Crippen LogP contribution in [0.2, 0.25) is 0 Å². The first kappa shape index (κ1) is 60.5. The van der Waals surface area contributed by atoms with Gasteiger partial charge in [-0.15, -0.1) is 0 Å². The molecule has 0 bridgehead atoms. The Morgan fingerprint density at radius 1 is 0.352 bits per heavy atom. The van der Waals surface area contributed by atoms with Gasteiger partial charge in [0, 0.05) is 166 Å². The van der Waals surface area contributed by atoms with E-state index in [4.69, 9.17) is 0 Å². The number of carbonyl (C=O) groups is 4. The minimum Gasteiger partial charge on any atom is -0.361 e. The topological polar surface area (TPSA) is 144 Å². The van der Waals surface area contributed by atoms with Crippen LogP contribution in [0.1, 0.15) is 175 Å². The van der Waals surface area contributed by atoms with Crippen LogP contribution in [-0.2, 0) is 44.9 Å². The number of piperidine rings is 4. The van der Waals surface area contributed by atoms with Crippen LogP contribution in [0.25, 0.3) is 43.6 Å². The van der Waals surface area contributed by atoms with Crippen molar-refractivity contribution in [3.63, 3.8) is 0 Å². The predicted octanol–water partition coefficient (Wildman–Crippen LogP) is 14.0. The molecule has 4 N–H and O–H groups in total. The molecular formula is C76H96N8O4. The number of H-pyrrole nitrogens is 4. The van der Waals surface area contributed by atoms with Crippen molar-refractivity contribution in [1.82, 2.24) is 39.5 Å². The number of Topliss-reactive ketones (excluding diaryl/α,β-unsaturated/α-hetero) is 4. The number of carbonyl (C=O) groups excluding carboxylic acids is 4. The van der Waals surface area contributed by atoms with Crippen LogP contribution >= 0.6 is 0 Å². The van der Waals surface area contributed by atoms with E-state index in [0.717, 1.165) is 129 Å². The van der Waals surface area contributed by atoms with Gasteiger partial charge in [0.15, 0.2) is 0 Å². The second-order valence-electron chi connectivity index (χ2n) is 28.0. The van der Waals surface area contributed by atoms with Gasteiger partial charge < -0.3 is 19.9 Å². The van der Waals surface area contributed by atoms with Gasteiger partial charge in [-0.25, -0.2) is 0 Å². The van der Waals surface area contributed by atoms with E-state index in [-0.39, 0.29) is 23.7 Å². The van der Waals surface area contributed by atoms with Crippen molar-refractivity contribution in [1.29, 1.82) is 0 Å². The Bertz CT molecular complexity index is 3370. The molecule has 16 rings (SSSR count). The summed E-state index contributed by atoms with van der Waals surface area (Å²) in [6, 6.07) is 28.6. The summed E-state index contributed by atoms with van der Waals surface area (Å²) in [6.07, 6.45) is 21.9. The van der Waals surface area contributed by atoms with E-state index in [1.807, 2.05) is 0 Å². The molecule has 0 amide bonds. The second kappa shape index (κ2) is 25.4. The first-order valence-corrected chi connectivity index (χ1v) is 34.1. The maximum atomic E-state index is 12.0. The largest absolute Gasteiger partial charge is 0.361 e. The Kier molecular flexibility index (Phi) is 17.5. The summed E-state index contributed by atoms with van der Waals surface area (Å²) in [5.41, 5.74) is 16.6. The molecule has 4 saturated heterocycles. The molecule has 8 heterocycles. The minimum absolute atomic E-state index is 0.198. The van der Waals surface area contributed by atoms with E-state index >= 15 is 0 Å². The number of aromatic nitrogens is 4. The van der Waals surface area contributed by atoms with Gasteiger partial charge in [0.2, 0.25) is 0 Å². The lowest BCUT2D eigenvalue weighted by Gasteiger charge is -2.46. The molecule has 0 saturated carbocycles. The Hall–Kier alpha value is -6.44. The normalized spacial score (nSPS) is 27.8. The second-order valence-corrected chi connectivity index (χ2v) is 28.0. The molecule has 12 nitrogen and oxygen atoms in total. The van der Waals surface area contributed by atoms with Crippen LogP contribution in [0.5, 0.6) is 0 Å². The molecule has 4 aliphatic carbocycles. The smallest absolute Gasteiger partial charge is 0.134 e. The molecule has 8 aromatic rings. The fourth-order valence-corrected chi connectivity index (χ4v) is 18.5. The molecule has 4 aromatic carbocycles. The first-order valence-electron chi connectivity index (χ1n) is 34.1. The van der Waals surface area contributed by atoms with E-state index in [1.54, 1.807) is 27.7 Å². The zero-order valence-electron chi connectivity index (χ0n) is 53.7. The summed E-state index contributed by atoms with van der Waals surface area (Å²) in [7, 11) is 0. The van der Waals surface area contributed by atoms with Crippen LogP contribution in [0.4, 0.5) is 0 Å². The number of ketones is 4. The van der Waals surface area contributed by atoms with Crippen LogP contribution in [0.3, 0.4) is 0 Å². The third-order valence-electron chi connectivity index (χ3n) is 22.6. The molecule has 464 valence electrons. The third kappa shape index (κ3) is 11.2. The van der Waals surface area contributed by atoms with Crippen molar-refractivity contribution in [3.8, 4) is 0 Å². The highest BCUT2D eigenvalue weighted by atomic mass is 16.1. The lowest BCUT2D eigenvalue weighted by Crippen LogP contribution is -2.51. The lowest BCUT2D eigenvalue weighted by atomic mass is 9.71. The van der Waals surface area contributed by atoms with Crippen molar-refractivity contribution in [2.45, 2.75) is 180 Å². The van der Waals surface area contributed by atoms with Crippen LogP contribution in [0.15, 0.2) is 97.6 Å². The van der Waals surface area contributed by atoms with Crippen LogP contribution in [0, 0.1) is 23.7 Å². The number of benzene rings is 4. The average molecular weight is 1190 g/mol. The third-order valence-corrected chi connectivity index (χ3v) is 22.6. The van der Waals surface area contributed by atoms with Gasteiger partial charge >= 0.3 is 0 Å². The Morgan fingerprint density at radius 2 is 0.568 bits per heavy atom. The highest BCUT2D eigenvalue weighted by molar-refractivity contribution is 5.92. The van der Waals surface area contributed by atoms with Crippen molar-refractivity contribution < 1.29 is 19.2 Å². The molecule has 12 heteroatoms. The fraction of sp³-hybridized carbons (Fsp3) is 0.526. The molecular weight excluding hydrogens is 1090 g/mol. The van der Waals surface area contributed by atoms with E-state index in [2.05, 4.69) is 165 Å². The first-order chi connectivity index (χ1) is 42.7. The molecule has 0 radical (unpaired) electrons. The SMILES string of the molecule is CCCN1C[C@H](C(C)=O)C[C@@H]2c3cccc4[nH]cc(c34)C[C@H]21.CCCN1C[C@H](C(C)=O)C[C@@H]2c3cccc4[nH]cc(c34)C[C@H]21.CCCN1C[C@H](C(C)=O)C[C@@H]2c3cccc4[nH]cc(c34)C[C@H]21.CCCN1C[C@H](C(C)=O)C[C@@H]2c3cccc4[nH]cc(c34)C[C@H]21. The minimum atomic E-state index is 0.198.